The third-order valence-corrected chi connectivity index (χ3v) is 3.42. The molecule has 0 amide bonds. The predicted octanol–water partition coefficient (Wildman–Crippen LogP) is 4.36. The largest absolute Gasteiger partial charge is 0.0833 e. The zero-order valence-electron chi connectivity index (χ0n) is 7.76. The Balaban J connectivity index is 2.53. The van der Waals surface area contributed by atoms with Gasteiger partial charge in [-0.25, -0.2) is 0 Å². The van der Waals surface area contributed by atoms with Crippen molar-refractivity contribution in [3.8, 4) is 0 Å². The molecule has 1 aliphatic carbocycles. The van der Waals surface area contributed by atoms with Crippen molar-refractivity contribution in [2.24, 2.45) is 0 Å². The van der Waals surface area contributed by atoms with Crippen LogP contribution >= 0.6 is 15.9 Å². The fourth-order valence-electron chi connectivity index (χ4n) is 1.95. The van der Waals surface area contributed by atoms with Crippen molar-refractivity contribution in [3.05, 3.63) is 39.9 Å². The molecule has 0 nitrogen and oxygen atoms in total. The van der Waals surface area contributed by atoms with Crippen molar-refractivity contribution in [3.63, 3.8) is 0 Å². The lowest BCUT2D eigenvalue weighted by atomic mass is 9.86. The smallest absolute Gasteiger partial charge is 0.0250 e. The van der Waals surface area contributed by atoms with Crippen LogP contribution in [-0.2, 0) is 0 Å². The molecule has 0 bridgehead atoms. The van der Waals surface area contributed by atoms with Crippen LogP contribution in [0.5, 0.6) is 0 Å². The van der Waals surface area contributed by atoms with Gasteiger partial charge in [-0.1, -0.05) is 47.1 Å². The van der Waals surface area contributed by atoms with Gasteiger partial charge in [-0.05, 0) is 36.0 Å². The summed E-state index contributed by atoms with van der Waals surface area (Å²) >= 11 is 3.59. The second-order valence-corrected chi connectivity index (χ2v) is 4.34. The van der Waals surface area contributed by atoms with Gasteiger partial charge in [-0.2, -0.15) is 0 Å². The van der Waals surface area contributed by atoms with Crippen LogP contribution in [0.15, 0.2) is 28.7 Å². The quantitative estimate of drug-likeness (QED) is 0.680. The first-order valence-electron chi connectivity index (χ1n) is 4.78. The number of halogens is 1. The first-order chi connectivity index (χ1) is 6.33. The van der Waals surface area contributed by atoms with Gasteiger partial charge < -0.3 is 0 Å². The van der Waals surface area contributed by atoms with E-state index in [1.165, 1.54) is 28.4 Å². The lowest BCUT2D eigenvalue weighted by Crippen LogP contribution is -2.02. The summed E-state index contributed by atoms with van der Waals surface area (Å²) in [6, 6.07) is 6.49. The van der Waals surface area contributed by atoms with E-state index >= 15 is 0 Å². The van der Waals surface area contributed by atoms with Gasteiger partial charge in [0.25, 0.3) is 0 Å². The Labute approximate surface area is 87.8 Å². The van der Waals surface area contributed by atoms with E-state index in [1.54, 1.807) is 0 Å². The van der Waals surface area contributed by atoms with E-state index in [0.29, 0.717) is 0 Å². The van der Waals surface area contributed by atoms with Gasteiger partial charge in [0.05, 0.1) is 0 Å². The molecular weight excluding hydrogens is 224 g/mol. The SMILES string of the molecule is CCC1CC=Cc2c(Br)cccc21. The third kappa shape index (κ3) is 1.58. The van der Waals surface area contributed by atoms with Gasteiger partial charge in [-0.3, -0.25) is 0 Å². The lowest BCUT2D eigenvalue weighted by molar-refractivity contribution is 0.668. The minimum atomic E-state index is 0.720. The third-order valence-electron chi connectivity index (χ3n) is 2.72. The summed E-state index contributed by atoms with van der Waals surface area (Å²) in [4.78, 5) is 0. The number of rotatable bonds is 1. The standard InChI is InChI=1S/C12H13Br/c1-2-9-5-3-7-11-10(9)6-4-8-12(11)13/h3-4,6-9H,2,5H2,1H3. The summed E-state index contributed by atoms with van der Waals surface area (Å²) in [5, 5.41) is 0. The Bertz CT molecular complexity index is 339. The zero-order chi connectivity index (χ0) is 9.26. The van der Waals surface area contributed by atoms with E-state index in [4.69, 9.17) is 0 Å². The van der Waals surface area contributed by atoms with Crippen molar-refractivity contribution in [2.45, 2.75) is 25.7 Å². The van der Waals surface area contributed by atoms with E-state index in [9.17, 15) is 0 Å². The molecule has 1 aromatic rings. The summed E-state index contributed by atoms with van der Waals surface area (Å²) in [5.41, 5.74) is 2.87. The molecular formula is C12H13Br. The average Bonchev–Trinajstić information content (AvgIpc) is 2.18. The Morgan fingerprint density at radius 3 is 3.08 bits per heavy atom. The lowest BCUT2D eigenvalue weighted by Gasteiger charge is -2.20. The first kappa shape index (κ1) is 9.01. The molecule has 0 saturated heterocycles. The van der Waals surface area contributed by atoms with Gasteiger partial charge in [0.1, 0.15) is 0 Å². The summed E-state index contributed by atoms with van der Waals surface area (Å²) in [6.07, 6.45) is 6.93. The summed E-state index contributed by atoms with van der Waals surface area (Å²) in [7, 11) is 0. The van der Waals surface area contributed by atoms with E-state index in [2.05, 4.69) is 53.2 Å². The van der Waals surface area contributed by atoms with Crippen molar-refractivity contribution in [2.75, 3.05) is 0 Å². The Kier molecular flexibility index (Phi) is 2.54. The van der Waals surface area contributed by atoms with Crippen molar-refractivity contribution in [1.29, 1.82) is 0 Å². The second kappa shape index (κ2) is 3.67. The normalized spacial score (nSPS) is 20.0. The molecule has 0 heterocycles. The van der Waals surface area contributed by atoms with Crippen LogP contribution in [-0.4, -0.2) is 0 Å². The molecule has 0 aromatic heterocycles. The van der Waals surface area contributed by atoms with E-state index in [-0.39, 0.29) is 0 Å². The number of allylic oxidation sites excluding steroid dienone is 1. The highest BCUT2D eigenvalue weighted by Crippen LogP contribution is 2.35. The maximum absolute atomic E-state index is 3.59. The highest BCUT2D eigenvalue weighted by molar-refractivity contribution is 9.10. The minimum Gasteiger partial charge on any atom is -0.0833 e. The van der Waals surface area contributed by atoms with Crippen LogP contribution in [0.25, 0.3) is 6.08 Å². The average molecular weight is 237 g/mol. The maximum atomic E-state index is 3.59. The molecule has 0 N–H and O–H groups in total. The molecule has 2 rings (SSSR count). The Hall–Kier alpha value is -0.560. The molecule has 0 fully saturated rings. The fraction of sp³-hybridized carbons (Fsp3) is 0.333. The van der Waals surface area contributed by atoms with Crippen molar-refractivity contribution in [1.82, 2.24) is 0 Å². The molecule has 1 atom stereocenters. The van der Waals surface area contributed by atoms with Crippen LogP contribution < -0.4 is 0 Å². The molecule has 68 valence electrons. The number of fused-ring (bicyclic) bond motifs is 1. The molecule has 1 aromatic carbocycles. The van der Waals surface area contributed by atoms with E-state index in [0.717, 1.165) is 5.92 Å². The number of benzene rings is 1. The van der Waals surface area contributed by atoms with Crippen LogP contribution in [0.3, 0.4) is 0 Å². The molecule has 1 aliphatic rings. The van der Waals surface area contributed by atoms with Gasteiger partial charge in [0, 0.05) is 4.47 Å². The summed E-state index contributed by atoms with van der Waals surface area (Å²) < 4.78 is 1.22. The topological polar surface area (TPSA) is 0 Å². The molecule has 1 heteroatoms. The molecule has 1 unspecified atom stereocenters. The maximum Gasteiger partial charge on any atom is 0.0250 e. The summed E-state index contributed by atoms with van der Waals surface area (Å²) in [6.45, 7) is 2.26. The minimum absolute atomic E-state index is 0.720. The van der Waals surface area contributed by atoms with Crippen LogP contribution in [0.1, 0.15) is 36.8 Å². The Morgan fingerprint density at radius 1 is 1.46 bits per heavy atom. The molecule has 13 heavy (non-hydrogen) atoms. The molecule has 0 radical (unpaired) electrons. The molecule has 0 aliphatic heterocycles. The second-order valence-electron chi connectivity index (χ2n) is 3.49. The van der Waals surface area contributed by atoms with Gasteiger partial charge in [0.2, 0.25) is 0 Å². The zero-order valence-corrected chi connectivity index (χ0v) is 9.34. The monoisotopic (exact) mass is 236 g/mol. The highest BCUT2D eigenvalue weighted by Gasteiger charge is 2.15. The van der Waals surface area contributed by atoms with Crippen LogP contribution in [0.4, 0.5) is 0 Å². The summed E-state index contributed by atoms with van der Waals surface area (Å²) in [5.74, 6) is 0.720. The van der Waals surface area contributed by atoms with E-state index < -0.39 is 0 Å². The van der Waals surface area contributed by atoms with Crippen molar-refractivity contribution < 1.29 is 0 Å². The molecule has 0 saturated carbocycles. The molecule has 0 spiro atoms. The fourth-order valence-corrected chi connectivity index (χ4v) is 2.46. The van der Waals surface area contributed by atoms with Crippen LogP contribution in [0, 0.1) is 0 Å². The van der Waals surface area contributed by atoms with Gasteiger partial charge in [0.15, 0.2) is 0 Å². The van der Waals surface area contributed by atoms with Crippen LogP contribution in [0.2, 0.25) is 0 Å². The van der Waals surface area contributed by atoms with Gasteiger partial charge >= 0.3 is 0 Å². The number of hydrogen-bond acceptors (Lipinski definition) is 0. The Morgan fingerprint density at radius 2 is 2.31 bits per heavy atom. The van der Waals surface area contributed by atoms with E-state index in [1.807, 2.05) is 0 Å². The van der Waals surface area contributed by atoms with Gasteiger partial charge in [-0.15, -0.1) is 0 Å². The predicted molar refractivity (Wildman–Crippen MR) is 60.8 cm³/mol. The number of hydrogen-bond donors (Lipinski definition) is 0. The van der Waals surface area contributed by atoms with Crippen molar-refractivity contribution >= 4 is 22.0 Å². The first-order valence-corrected chi connectivity index (χ1v) is 5.57. The highest BCUT2D eigenvalue weighted by atomic mass is 79.9.